The van der Waals surface area contributed by atoms with Crippen molar-refractivity contribution in [2.24, 2.45) is 0 Å². The van der Waals surface area contributed by atoms with Gasteiger partial charge in [-0.15, -0.1) is 0 Å². The second-order valence-electron chi connectivity index (χ2n) is 7.06. The van der Waals surface area contributed by atoms with Crippen molar-refractivity contribution < 1.29 is 14.3 Å². The minimum Gasteiger partial charge on any atom is -0.479 e. The molecule has 0 spiro atoms. The van der Waals surface area contributed by atoms with Crippen molar-refractivity contribution in [1.82, 2.24) is 10.2 Å². The summed E-state index contributed by atoms with van der Waals surface area (Å²) in [5, 5.41) is 3.37. The predicted octanol–water partition coefficient (Wildman–Crippen LogP) is 3.62. The molecule has 1 atom stereocenters. The van der Waals surface area contributed by atoms with Gasteiger partial charge in [0.05, 0.1) is 5.02 Å². The number of anilines is 1. The van der Waals surface area contributed by atoms with Crippen LogP contribution in [0.2, 0.25) is 10.0 Å². The Kier molecular flexibility index (Phi) is 7.82. The molecular formula is C22H25Cl2N3O3. The standard InChI is InChI=1S/C22H25Cl2N3O3/c1-16(30-19-9-5-8-18(23)21(19)24)22(29)25-11-10-20(28)27-14-12-26(13-15-27)17-6-3-2-4-7-17/h2-9,16H,10-15H2,1H3,(H,25,29). The van der Waals surface area contributed by atoms with Crippen molar-refractivity contribution in [3.8, 4) is 5.75 Å². The van der Waals surface area contributed by atoms with Crippen molar-refractivity contribution in [1.29, 1.82) is 0 Å². The van der Waals surface area contributed by atoms with Crippen LogP contribution in [0.4, 0.5) is 5.69 Å². The molecule has 1 unspecified atom stereocenters. The first-order valence-corrected chi connectivity index (χ1v) is 10.7. The highest BCUT2D eigenvalue weighted by Gasteiger charge is 2.22. The lowest BCUT2D eigenvalue weighted by Crippen LogP contribution is -2.49. The number of rotatable bonds is 7. The summed E-state index contributed by atoms with van der Waals surface area (Å²) in [6, 6.07) is 15.2. The molecule has 2 aromatic carbocycles. The van der Waals surface area contributed by atoms with Crippen LogP contribution in [0.1, 0.15) is 13.3 Å². The smallest absolute Gasteiger partial charge is 0.260 e. The van der Waals surface area contributed by atoms with Crippen molar-refractivity contribution in [3.05, 3.63) is 58.6 Å². The Morgan fingerprint density at radius 2 is 1.73 bits per heavy atom. The molecule has 1 N–H and O–H groups in total. The maximum absolute atomic E-state index is 12.5. The number of carbonyl (C=O) groups is 2. The lowest BCUT2D eigenvalue weighted by atomic mass is 10.2. The number of hydrogen-bond acceptors (Lipinski definition) is 4. The van der Waals surface area contributed by atoms with Gasteiger partial charge >= 0.3 is 0 Å². The first kappa shape index (κ1) is 22.2. The molecule has 6 nitrogen and oxygen atoms in total. The van der Waals surface area contributed by atoms with Crippen LogP contribution >= 0.6 is 23.2 Å². The second-order valence-corrected chi connectivity index (χ2v) is 7.84. The third kappa shape index (κ3) is 5.80. The van der Waals surface area contributed by atoms with E-state index < -0.39 is 6.10 Å². The molecule has 2 amide bonds. The molecule has 160 valence electrons. The third-order valence-electron chi connectivity index (χ3n) is 4.98. The van der Waals surface area contributed by atoms with Crippen LogP contribution in [0.5, 0.6) is 5.75 Å². The van der Waals surface area contributed by atoms with E-state index in [0.717, 1.165) is 13.1 Å². The summed E-state index contributed by atoms with van der Waals surface area (Å²) in [6.45, 7) is 4.83. The molecule has 2 aromatic rings. The Morgan fingerprint density at radius 1 is 1.03 bits per heavy atom. The fourth-order valence-corrected chi connectivity index (χ4v) is 3.60. The highest BCUT2D eigenvalue weighted by atomic mass is 35.5. The van der Waals surface area contributed by atoms with Gasteiger partial charge in [0.25, 0.3) is 5.91 Å². The third-order valence-corrected chi connectivity index (χ3v) is 5.78. The SMILES string of the molecule is CC(Oc1cccc(Cl)c1Cl)C(=O)NCCC(=O)N1CCN(c2ccccc2)CC1. The Hall–Kier alpha value is -2.44. The number of nitrogens with one attached hydrogen (secondary N) is 1. The molecular weight excluding hydrogens is 425 g/mol. The average Bonchev–Trinajstić information content (AvgIpc) is 2.77. The maximum Gasteiger partial charge on any atom is 0.260 e. The van der Waals surface area contributed by atoms with Crippen molar-refractivity contribution in [2.75, 3.05) is 37.6 Å². The van der Waals surface area contributed by atoms with E-state index in [4.69, 9.17) is 27.9 Å². The zero-order valence-corrected chi connectivity index (χ0v) is 18.3. The molecule has 0 aromatic heterocycles. The minimum atomic E-state index is -0.759. The first-order chi connectivity index (χ1) is 14.5. The zero-order valence-electron chi connectivity index (χ0n) is 16.8. The van der Waals surface area contributed by atoms with Gasteiger partial charge in [0, 0.05) is 44.8 Å². The summed E-state index contributed by atoms with van der Waals surface area (Å²) < 4.78 is 5.59. The van der Waals surface area contributed by atoms with Gasteiger partial charge in [0.15, 0.2) is 6.10 Å². The maximum atomic E-state index is 12.5. The van der Waals surface area contributed by atoms with E-state index >= 15 is 0 Å². The van der Waals surface area contributed by atoms with Crippen LogP contribution in [0, 0.1) is 0 Å². The summed E-state index contributed by atoms with van der Waals surface area (Å²) >= 11 is 12.0. The molecule has 1 saturated heterocycles. The van der Waals surface area contributed by atoms with Crippen LogP contribution in [0.25, 0.3) is 0 Å². The molecule has 0 bridgehead atoms. The molecule has 1 heterocycles. The highest BCUT2D eigenvalue weighted by Crippen LogP contribution is 2.32. The number of para-hydroxylation sites is 1. The molecule has 8 heteroatoms. The fourth-order valence-electron chi connectivity index (χ4n) is 3.27. The molecule has 0 saturated carbocycles. The van der Waals surface area contributed by atoms with Crippen molar-refractivity contribution in [2.45, 2.75) is 19.4 Å². The molecule has 1 aliphatic rings. The van der Waals surface area contributed by atoms with Crippen LogP contribution in [0.3, 0.4) is 0 Å². The number of nitrogens with zero attached hydrogens (tertiary/aromatic N) is 2. The molecule has 0 aliphatic carbocycles. The molecule has 1 fully saturated rings. The summed E-state index contributed by atoms with van der Waals surface area (Å²) in [4.78, 5) is 28.8. The van der Waals surface area contributed by atoms with Gasteiger partial charge in [-0.3, -0.25) is 9.59 Å². The van der Waals surface area contributed by atoms with Gasteiger partial charge in [-0.2, -0.15) is 0 Å². The Balaban J connectivity index is 1.39. The van der Waals surface area contributed by atoms with Crippen LogP contribution in [0.15, 0.2) is 48.5 Å². The quantitative estimate of drug-likeness (QED) is 0.700. The first-order valence-electron chi connectivity index (χ1n) is 9.92. The van der Waals surface area contributed by atoms with E-state index in [2.05, 4.69) is 22.3 Å². The number of carbonyl (C=O) groups excluding carboxylic acids is 2. The average molecular weight is 450 g/mol. The Morgan fingerprint density at radius 3 is 2.43 bits per heavy atom. The molecule has 0 radical (unpaired) electrons. The van der Waals surface area contributed by atoms with Crippen LogP contribution in [-0.4, -0.2) is 55.5 Å². The monoisotopic (exact) mass is 449 g/mol. The molecule has 3 rings (SSSR count). The van der Waals surface area contributed by atoms with Gasteiger partial charge in [0.1, 0.15) is 10.8 Å². The van der Waals surface area contributed by atoms with E-state index in [0.29, 0.717) is 23.9 Å². The number of benzene rings is 2. The highest BCUT2D eigenvalue weighted by molar-refractivity contribution is 6.42. The topological polar surface area (TPSA) is 61.9 Å². The van der Waals surface area contributed by atoms with Crippen LogP contribution in [-0.2, 0) is 9.59 Å². The normalized spacial score (nSPS) is 14.9. The Bertz CT molecular complexity index is 871. The van der Waals surface area contributed by atoms with Gasteiger partial charge in [-0.25, -0.2) is 0 Å². The lowest BCUT2D eigenvalue weighted by Gasteiger charge is -2.36. The Labute approximate surface area is 186 Å². The van der Waals surface area contributed by atoms with Crippen LogP contribution < -0.4 is 15.0 Å². The van der Waals surface area contributed by atoms with E-state index in [-0.39, 0.29) is 29.8 Å². The summed E-state index contributed by atoms with van der Waals surface area (Å²) in [6.07, 6.45) is -0.507. The van der Waals surface area contributed by atoms with E-state index in [9.17, 15) is 9.59 Å². The van der Waals surface area contributed by atoms with E-state index in [1.54, 1.807) is 25.1 Å². The number of halogens is 2. The number of hydrogen-bond donors (Lipinski definition) is 1. The van der Waals surface area contributed by atoms with E-state index in [1.807, 2.05) is 23.1 Å². The number of ether oxygens (including phenoxy) is 1. The molecule has 1 aliphatic heterocycles. The largest absolute Gasteiger partial charge is 0.479 e. The second kappa shape index (κ2) is 10.5. The van der Waals surface area contributed by atoms with Crippen molar-refractivity contribution >= 4 is 40.7 Å². The lowest BCUT2D eigenvalue weighted by molar-refractivity contribution is -0.131. The van der Waals surface area contributed by atoms with Gasteiger partial charge in [-0.05, 0) is 31.2 Å². The van der Waals surface area contributed by atoms with Crippen molar-refractivity contribution in [3.63, 3.8) is 0 Å². The minimum absolute atomic E-state index is 0.0365. The van der Waals surface area contributed by atoms with E-state index in [1.165, 1.54) is 5.69 Å². The van der Waals surface area contributed by atoms with Gasteiger partial charge < -0.3 is 19.9 Å². The predicted molar refractivity (Wildman–Crippen MR) is 119 cm³/mol. The fraction of sp³-hybridized carbons (Fsp3) is 0.364. The number of amides is 2. The number of piperazine rings is 1. The summed E-state index contributed by atoms with van der Waals surface area (Å²) in [5.74, 6) is 0.0707. The zero-order chi connectivity index (χ0) is 21.5. The van der Waals surface area contributed by atoms with Gasteiger partial charge in [-0.1, -0.05) is 47.5 Å². The van der Waals surface area contributed by atoms with Gasteiger partial charge in [0.2, 0.25) is 5.91 Å². The summed E-state index contributed by atoms with van der Waals surface area (Å²) in [7, 11) is 0. The molecule has 30 heavy (non-hydrogen) atoms. The summed E-state index contributed by atoms with van der Waals surface area (Å²) in [5.41, 5.74) is 1.17.